The summed E-state index contributed by atoms with van der Waals surface area (Å²) in [6.45, 7) is 9.82. The van der Waals surface area contributed by atoms with Gasteiger partial charge in [0.2, 0.25) is 0 Å². The molecule has 1 N–H and O–H groups in total. The van der Waals surface area contributed by atoms with Gasteiger partial charge >= 0.3 is 5.97 Å². The fraction of sp³-hybridized carbons (Fsp3) is 0.409. The van der Waals surface area contributed by atoms with Crippen molar-refractivity contribution in [3.05, 3.63) is 53.1 Å². The summed E-state index contributed by atoms with van der Waals surface area (Å²) >= 11 is 0. The highest BCUT2D eigenvalue weighted by atomic mass is 16.5. The van der Waals surface area contributed by atoms with Gasteiger partial charge in [0.05, 0.1) is 11.3 Å². The lowest BCUT2D eigenvalue weighted by Gasteiger charge is -2.20. The first-order chi connectivity index (χ1) is 14.3. The molecule has 3 aromatic rings. The molecule has 0 saturated heterocycles. The van der Waals surface area contributed by atoms with Crippen LogP contribution in [-0.4, -0.2) is 38.1 Å². The fourth-order valence-corrected chi connectivity index (χ4v) is 3.42. The molecule has 8 heteroatoms. The van der Waals surface area contributed by atoms with Gasteiger partial charge < -0.3 is 10.1 Å². The molecule has 8 nitrogen and oxygen atoms in total. The van der Waals surface area contributed by atoms with Crippen molar-refractivity contribution < 1.29 is 14.3 Å². The Kier molecular flexibility index (Phi) is 6.44. The van der Waals surface area contributed by atoms with Gasteiger partial charge in [-0.05, 0) is 29.4 Å². The Hall–Kier alpha value is -3.29. The van der Waals surface area contributed by atoms with Gasteiger partial charge in [-0.15, -0.1) is 0 Å². The van der Waals surface area contributed by atoms with Crippen molar-refractivity contribution in [2.24, 2.45) is 0 Å². The van der Waals surface area contributed by atoms with E-state index < -0.39 is 5.97 Å². The van der Waals surface area contributed by atoms with Gasteiger partial charge in [0.1, 0.15) is 6.33 Å². The van der Waals surface area contributed by atoms with Gasteiger partial charge in [-0.3, -0.25) is 4.79 Å². The number of nitrogens with zero attached hydrogens (tertiary/aromatic N) is 4. The number of ether oxygens (including phenoxy) is 1. The first-order valence-electron chi connectivity index (χ1n) is 10.1. The quantitative estimate of drug-likeness (QED) is 0.597. The maximum Gasteiger partial charge on any atom is 0.342 e. The molecule has 0 atom stereocenters. The molecule has 2 aromatic heterocycles. The molecule has 0 spiro atoms. The minimum Gasteiger partial charge on any atom is -0.452 e. The van der Waals surface area contributed by atoms with Crippen molar-refractivity contribution in [2.45, 2.75) is 52.9 Å². The van der Waals surface area contributed by atoms with E-state index in [1.54, 1.807) is 0 Å². The number of para-hydroxylation sites is 1. The lowest BCUT2D eigenvalue weighted by atomic mass is 9.92. The predicted octanol–water partition coefficient (Wildman–Crippen LogP) is 3.73. The summed E-state index contributed by atoms with van der Waals surface area (Å²) in [6, 6.07) is 6.01. The van der Waals surface area contributed by atoms with Gasteiger partial charge in [-0.1, -0.05) is 52.8 Å². The van der Waals surface area contributed by atoms with Gasteiger partial charge in [0.25, 0.3) is 11.7 Å². The van der Waals surface area contributed by atoms with E-state index in [1.807, 2.05) is 25.1 Å². The number of rotatable bonds is 7. The van der Waals surface area contributed by atoms with Crippen molar-refractivity contribution in [1.82, 2.24) is 19.6 Å². The van der Waals surface area contributed by atoms with E-state index in [0.717, 1.165) is 16.8 Å². The predicted molar refractivity (Wildman–Crippen MR) is 114 cm³/mol. The molecular formula is C22H27N5O3. The second kappa shape index (κ2) is 9.02. The van der Waals surface area contributed by atoms with Crippen LogP contribution in [0.3, 0.4) is 0 Å². The van der Waals surface area contributed by atoms with E-state index in [2.05, 4.69) is 48.1 Å². The molecular weight excluding hydrogens is 382 g/mol. The largest absolute Gasteiger partial charge is 0.452 e. The summed E-state index contributed by atoms with van der Waals surface area (Å²) in [4.78, 5) is 33.3. The average molecular weight is 409 g/mol. The lowest BCUT2D eigenvalue weighted by molar-refractivity contribution is -0.119. The van der Waals surface area contributed by atoms with Crippen molar-refractivity contribution in [3.8, 4) is 0 Å². The Balaban J connectivity index is 1.75. The molecule has 0 unspecified atom stereocenters. The fourth-order valence-electron chi connectivity index (χ4n) is 3.42. The molecule has 0 saturated carbocycles. The van der Waals surface area contributed by atoms with E-state index in [0.29, 0.717) is 17.9 Å². The summed E-state index contributed by atoms with van der Waals surface area (Å²) in [5, 5.41) is 7.04. The first-order valence-corrected chi connectivity index (χ1v) is 10.1. The Morgan fingerprint density at radius 2 is 1.77 bits per heavy atom. The number of fused-ring (bicyclic) bond motifs is 1. The van der Waals surface area contributed by atoms with Crippen molar-refractivity contribution in [3.63, 3.8) is 0 Å². The van der Waals surface area contributed by atoms with E-state index >= 15 is 0 Å². The van der Waals surface area contributed by atoms with Crippen LogP contribution in [0.1, 0.15) is 73.6 Å². The molecule has 0 radical (unpaired) electrons. The number of amides is 1. The zero-order chi connectivity index (χ0) is 21.8. The highest BCUT2D eigenvalue weighted by Crippen LogP contribution is 2.32. The minimum absolute atomic E-state index is 0.245. The van der Waals surface area contributed by atoms with Crippen LogP contribution in [-0.2, 0) is 16.0 Å². The number of aromatic nitrogens is 4. The molecule has 1 aromatic carbocycles. The van der Waals surface area contributed by atoms with Gasteiger partial charge in [0, 0.05) is 11.9 Å². The molecule has 0 bridgehead atoms. The van der Waals surface area contributed by atoms with Crippen LogP contribution in [0.15, 0.2) is 30.7 Å². The summed E-state index contributed by atoms with van der Waals surface area (Å²) < 4.78 is 6.78. The molecule has 2 heterocycles. The number of aryl methyl sites for hydroxylation is 1. The zero-order valence-electron chi connectivity index (χ0n) is 18.0. The second-order valence-electron chi connectivity index (χ2n) is 7.69. The third-order valence-corrected chi connectivity index (χ3v) is 4.93. The highest BCUT2D eigenvalue weighted by molar-refractivity contribution is 5.97. The maximum atomic E-state index is 12.6. The molecule has 1 amide bonds. The molecule has 158 valence electrons. The smallest absolute Gasteiger partial charge is 0.342 e. The summed E-state index contributed by atoms with van der Waals surface area (Å²) in [5.74, 6) is -0.102. The minimum atomic E-state index is -0.617. The van der Waals surface area contributed by atoms with Crippen LogP contribution in [0.2, 0.25) is 0 Å². The van der Waals surface area contributed by atoms with Gasteiger partial charge in [0.15, 0.2) is 6.61 Å². The number of hydrogen-bond donors (Lipinski definition) is 1. The second-order valence-corrected chi connectivity index (χ2v) is 7.69. The van der Waals surface area contributed by atoms with E-state index in [1.165, 1.54) is 17.0 Å². The monoisotopic (exact) mass is 409 g/mol. The third kappa shape index (κ3) is 4.32. The van der Waals surface area contributed by atoms with Gasteiger partial charge in [-0.2, -0.15) is 10.1 Å². The number of hydrogen-bond acceptors (Lipinski definition) is 6. The molecule has 0 aliphatic carbocycles. The van der Waals surface area contributed by atoms with E-state index in [4.69, 9.17) is 4.74 Å². The maximum absolute atomic E-state index is 12.6. The van der Waals surface area contributed by atoms with Crippen molar-refractivity contribution in [1.29, 1.82) is 0 Å². The van der Waals surface area contributed by atoms with Gasteiger partial charge in [-0.25, -0.2) is 14.3 Å². The van der Waals surface area contributed by atoms with Crippen LogP contribution >= 0.6 is 0 Å². The first kappa shape index (κ1) is 21.4. The van der Waals surface area contributed by atoms with E-state index in [9.17, 15) is 9.59 Å². The number of carbonyl (C=O) groups excluding carboxylic acids is 2. The topological polar surface area (TPSA) is 98.5 Å². The summed E-state index contributed by atoms with van der Waals surface area (Å²) in [7, 11) is 0. The SMILES string of the molecule is CCc1c(C(=O)OCC(=O)Nc2c(C(C)C)cccc2C(C)C)cnc2ncnn12. The van der Waals surface area contributed by atoms with E-state index in [-0.39, 0.29) is 29.9 Å². The number of nitrogens with one attached hydrogen (secondary N) is 1. The van der Waals surface area contributed by atoms with Crippen molar-refractivity contribution in [2.75, 3.05) is 11.9 Å². The van der Waals surface area contributed by atoms with Crippen LogP contribution in [0.5, 0.6) is 0 Å². The Morgan fingerprint density at radius 1 is 1.10 bits per heavy atom. The zero-order valence-corrected chi connectivity index (χ0v) is 18.0. The highest BCUT2D eigenvalue weighted by Gasteiger charge is 2.20. The molecule has 0 fully saturated rings. The normalized spacial score (nSPS) is 11.3. The Bertz CT molecular complexity index is 1050. The lowest BCUT2D eigenvalue weighted by Crippen LogP contribution is -2.23. The van der Waals surface area contributed by atoms with Crippen molar-refractivity contribution >= 4 is 23.3 Å². The third-order valence-electron chi connectivity index (χ3n) is 4.93. The molecule has 30 heavy (non-hydrogen) atoms. The number of anilines is 1. The Labute approximate surface area is 175 Å². The van der Waals surface area contributed by atoms with Crippen LogP contribution < -0.4 is 5.32 Å². The number of carbonyl (C=O) groups is 2. The Morgan fingerprint density at radius 3 is 2.37 bits per heavy atom. The standard InChI is InChI=1S/C22H27N5O3/c1-6-18-17(10-23-22-24-12-25-27(18)22)21(29)30-11-19(28)26-20-15(13(2)3)8-7-9-16(20)14(4)5/h7-10,12-14H,6,11H2,1-5H3,(H,26,28). The van der Waals surface area contributed by atoms with Crippen LogP contribution in [0.25, 0.3) is 5.78 Å². The molecule has 3 rings (SSSR count). The molecule has 0 aliphatic rings. The van der Waals surface area contributed by atoms with Crippen LogP contribution in [0.4, 0.5) is 5.69 Å². The summed E-state index contributed by atoms with van der Waals surface area (Å²) in [5.41, 5.74) is 3.80. The number of esters is 1. The summed E-state index contributed by atoms with van der Waals surface area (Å²) in [6.07, 6.45) is 3.33. The molecule has 0 aliphatic heterocycles. The number of benzene rings is 1. The average Bonchev–Trinajstić information content (AvgIpc) is 3.19. The van der Waals surface area contributed by atoms with Crippen LogP contribution in [0, 0.1) is 0 Å².